The van der Waals surface area contributed by atoms with Crippen LogP contribution in [0.2, 0.25) is 5.02 Å². The molecule has 0 spiro atoms. The number of carbonyl (C=O) groups is 2. The number of rotatable bonds is 24. The second-order valence-corrected chi connectivity index (χ2v) is 12.9. The van der Waals surface area contributed by atoms with Crippen LogP contribution in [0.1, 0.15) is 108 Å². The number of amides is 2. The van der Waals surface area contributed by atoms with Gasteiger partial charge in [-0.3, -0.25) is 9.59 Å². The van der Waals surface area contributed by atoms with Gasteiger partial charge in [0.2, 0.25) is 0 Å². The minimum atomic E-state index is -0.803. The van der Waals surface area contributed by atoms with Crippen molar-refractivity contribution in [3.63, 3.8) is 0 Å². The summed E-state index contributed by atoms with van der Waals surface area (Å²) in [7, 11) is 0. The Morgan fingerprint density at radius 3 is 2.10 bits per heavy atom. The third kappa shape index (κ3) is 14.8. The van der Waals surface area contributed by atoms with Crippen molar-refractivity contribution in [2.45, 2.75) is 103 Å². The van der Waals surface area contributed by atoms with Crippen molar-refractivity contribution >= 4 is 52.5 Å². The van der Waals surface area contributed by atoms with Gasteiger partial charge >= 0.3 is 0 Å². The molecule has 2 amide bonds. The number of anilines is 3. The van der Waals surface area contributed by atoms with Crippen molar-refractivity contribution in [2.24, 2.45) is 0 Å². The Kier molecular flexibility index (Phi) is 18.7. The van der Waals surface area contributed by atoms with Crippen LogP contribution in [-0.4, -0.2) is 28.8 Å². The number of phenols is 1. The minimum Gasteiger partial charge on any atom is -0.506 e. The zero-order chi connectivity index (χ0) is 34.4. The van der Waals surface area contributed by atoms with Gasteiger partial charge in [-0.2, -0.15) is 0 Å². The minimum absolute atomic E-state index is 0.132. The Morgan fingerprint density at radius 2 is 1.44 bits per heavy atom. The largest absolute Gasteiger partial charge is 0.506 e. The SMILES string of the molecule is CCCCCCCCCCCCC(Oc1ccc(NOOSCCCC)cc1)C(=O)Nc1cc(O)c(NC(=O)c2ccccc2)cc1Cl. The lowest BCUT2D eigenvalue weighted by molar-refractivity contribution is -0.161. The van der Waals surface area contributed by atoms with Gasteiger partial charge in [-0.25, -0.2) is 5.48 Å². The first-order valence-electron chi connectivity index (χ1n) is 17.1. The van der Waals surface area contributed by atoms with Gasteiger partial charge in [-0.1, -0.05) is 108 Å². The number of benzene rings is 3. The number of phenolic OH excluding ortho intramolecular Hbond substituents is 1. The van der Waals surface area contributed by atoms with Crippen LogP contribution in [-0.2, 0) is 14.1 Å². The van der Waals surface area contributed by atoms with Crippen LogP contribution in [0.4, 0.5) is 17.1 Å². The Balaban J connectivity index is 1.59. The quantitative estimate of drug-likeness (QED) is 0.0240. The van der Waals surface area contributed by atoms with Crippen molar-refractivity contribution in [1.29, 1.82) is 0 Å². The fraction of sp³-hybridized carbons (Fsp3) is 0.459. The molecule has 0 heterocycles. The van der Waals surface area contributed by atoms with Crippen molar-refractivity contribution in [3.05, 3.63) is 77.3 Å². The van der Waals surface area contributed by atoms with Crippen LogP contribution in [0.5, 0.6) is 11.5 Å². The summed E-state index contributed by atoms with van der Waals surface area (Å²) in [4.78, 5) is 31.2. The lowest BCUT2D eigenvalue weighted by Crippen LogP contribution is -2.33. The first-order chi connectivity index (χ1) is 23.4. The fourth-order valence-electron chi connectivity index (χ4n) is 4.91. The van der Waals surface area contributed by atoms with Gasteiger partial charge in [-0.15, -0.1) is 9.32 Å². The number of hydrogen-bond donors (Lipinski definition) is 4. The van der Waals surface area contributed by atoms with Crippen LogP contribution < -0.4 is 20.9 Å². The van der Waals surface area contributed by atoms with E-state index in [0.29, 0.717) is 23.4 Å². The third-order valence-corrected chi connectivity index (χ3v) is 8.63. The smallest absolute Gasteiger partial charge is 0.265 e. The molecule has 48 heavy (non-hydrogen) atoms. The van der Waals surface area contributed by atoms with E-state index in [1.807, 2.05) is 6.07 Å². The average Bonchev–Trinajstić information content (AvgIpc) is 3.09. The molecule has 262 valence electrons. The molecule has 0 aliphatic heterocycles. The highest BCUT2D eigenvalue weighted by atomic mass is 35.5. The molecule has 0 radical (unpaired) electrons. The molecule has 0 bridgehead atoms. The van der Waals surface area contributed by atoms with E-state index in [0.717, 1.165) is 37.9 Å². The predicted octanol–water partition coefficient (Wildman–Crippen LogP) is 10.7. The van der Waals surface area contributed by atoms with E-state index in [1.165, 1.54) is 69.1 Å². The molecule has 3 aromatic rings. The van der Waals surface area contributed by atoms with Crippen LogP contribution in [0.25, 0.3) is 0 Å². The number of hydrogen-bond acceptors (Lipinski definition) is 8. The van der Waals surface area contributed by atoms with E-state index in [-0.39, 0.29) is 22.1 Å². The molecule has 11 heteroatoms. The molecule has 0 aliphatic rings. The van der Waals surface area contributed by atoms with Crippen molar-refractivity contribution in [3.8, 4) is 11.5 Å². The van der Waals surface area contributed by atoms with E-state index < -0.39 is 17.9 Å². The summed E-state index contributed by atoms with van der Waals surface area (Å²) in [5, 5.41) is 16.3. The lowest BCUT2D eigenvalue weighted by atomic mass is 10.0. The van der Waals surface area contributed by atoms with E-state index in [1.54, 1.807) is 48.5 Å². The Bertz CT molecular complexity index is 1360. The standard InChI is InChI=1S/C37H50ClN3O6S/c1-3-5-7-8-9-10-11-12-13-17-20-35(45-30-23-21-29(22-24-30)41-46-47-48-25-6-4-2)37(44)39-32-27-34(42)33(26-31(32)38)40-36(43)28-18-15-14-16-19-28/h14-16,18-19,21-24,26-27,35,41-42H,3-13,17,20,25H2,1-2H3,(H,39,44)(H,40,43). The lowest BCUT2D eigenvalue weighted by Gasteiger charge is -2.20. The predicted molar refractivity (Wildman–Crippen MR) is 197 cm³/mol. The zero-order valence-corrected chi connectivity index (χ0v) is 29.7. The van der Waals surface area contributed by atoms with Crippen LogP contribution in [0.15, 0.2) is 66.7 Å². The van der Waals surface area contributed by atoms with E-state index >= 15 is 0 Å². The van der Waals surface area contributed by atoms with Gasteiger partial charge in [0.1, 0.15) is 11.5 Å². The van der Waals surface area contributed by atoms with Gasteiger partial charge < -0.3 is 20.5 Å². The maximum atomic E-state index is 13.5. The molecule has 0 aromatic heterocycles. The van der Waals surface area contributed by atoms with Crippen LogP contribution in [0, 0.1) is 0 Å². The molecule has 3 aromatic carbocycles. The molecule has 4 N–H and O–H groups in total. The Hall–Kier alpha value is -3.44. The second kappa shape index (κ2) is 23.0. The maximum absolute atomic E-state index is 13.5. The summed E-state index contributed by atoms with van der Waals surface area (Å²) in [6, 6.07) is 18.4. The summed E-state index contributed by atoms with van der Waals surface area (Å²) in [6.07, 6.45) is 13.6. The second-order valence-electron chi connectivity index (χ2n) is 11.7. The zero-order valence-electron chi connectivity index (χ0n) is 28.1. The summed E-state index contributed by atoms with van der Waals surface area (Å²) in [5.74, 6) is 0.335. The molecule has 0 saturated heterocycles. The molecular weight excluding hydrogens is 650 g/mol. The highest BCUT2D eigenvalue weighted by Crippen LogP contribution is 2.34. The number of ether oxygens (including phenoxy) is 1. The molecule has 1 unspecified atom stereocenters. The molecular formula is C37H50ClN3O6S. The fourth-order valence-corrected chi connectivity index (χ4v) is 5.68. The molecule has 0 fully saturated rings. The van der Waals surface area contributed by atoms with Crippen molar-refractivity contribution in [2.75, 3.05) is 21.9 Å². The first-order valence-corrected chi connectivity index (χ1v) is 18.4. The molecule has 9 nitrogen and oxygen atoms in total. The summed E-state index contributed by atoms with van der Waals surface area (Å²) >= 11 is 7.74. The molecule has 3 rings (SSSR count). The van der Waals surface area contributed by atoms with Gasteiger partial charge in [0.05, 0.1) is 22.1 Å². The number of unbranched alkanes of at least 4 members (excludes halogenated alkanes) is 10. The van der Waals surface area contributed by atoms with E-state index in [9.17, 15) is 14.7 Å². The van der Waals surface area contributed by atoms with Gasteiger partial charge in [-0.05, 0) is 61.7 Å². The maximum Gasteiger partial charge on any atom is 0.265 e. The Labute approximate surface area is 294 Å². The summed E-state index contributed by atoms with van der Waals surface area (Å²) < 4.78 is 11.2. The molecule has 1 atom stereocenters. The van der Waals surface area contributed by atoms with Crippen LogP contribution >= 0.6 is 23.6 Å². The summed E-state index contributed by atoms with van der Waals surface area (Å²) in [6.45, 7) is 4.34. The van der Waals surface area contributed by atoms with Crippen molar-refractivity contribution < 1.29 is 28.8 Å². The number of carbonyl (C=O) groups excluding carboxylic acids is 2. The number of nitrogens with one attached hydrogen (secondary N) is 3. The van der Waals surface area contributed by atoms with Gasteiger partial charge in [0.25, 0.3) is 11.8 Å². The first kappa shape index (κ1) is 39.0. The third-order valence-electron chi connectivity index (χ3n) is 7.70. The van der Waals surface area contributed by atoms with Gasteiger partial charge in [0.15, 0.2) is 6.10 Å². The molecule has 0 saturated carbocycles. The highest BCUT2D eigenvalue weighted by molar-refractivity contribution is 7.94. The topological polar surface area (TPSA) is 118 Å². The summed E-state index contributed by atoms with van der Waals surface area (Å²) in [5.41, 5.74) is 4.16. The van der Waals surface area contributed by atoms with Crippen molar-refractivity contribution in [1.82, 2.24) is 0 Å². The average molecular weight is 700 g/mol. The number of aromatic hydroxyl groups is 1. The normalized spacial score (nSPS) is 11.6. The van der Waals surface area contributed by atoms with E-state index in [2.05, 4.69) is 30.0 Å². The van der Waals surface area contributed by atoms with Gasteiger partial charge in [0, 0.05) is 29.4 Å². The highest BCUT2D eigenvalue weighted by Gasteiger charge is 2.22. The van der Waals surface area contributed by atoms with E-state index in [4.69, 9.17) is 25.7 Å². The Morgan fingerprint density at radius 1 is 0.792 bits per heavy atom. The number of halogens is 1. The van der Waals surface area contributed by atoms with Crippen LogP contribution in [0.3, 0.4) is 0 Å². The molecule has 0 aliphatic carbocycles. The monoisotopic (exact) mass is 699 g/mol.